The number of rotatable bonds is 18. The maximum atomic E-state index is 12.7. The highest BCUT2D eigenvalue weighted by Crippen LogP contribution is 2.27. The average Bonchev–Trinajstić information content (AvgIpc) is 3.35. The molecule has 0 spiro atoms. The normalized spacial score (nSPS) is 10.9. The Balaban J connectivity index is 1.61. The largest absolute Gasteiger partial charge is 0.469 e. The summed E-state index contributed by atoms with van der Waals surface area (Å²) in [5, 5.41) is 12.0. The molecule has 1 amide bonds. The van der Waals surface area contributed by atoms with Crippen LogP contribution in [-0.4, -0.2) is 35.1 Å². The first-order chi connectivity index (χ1) is 19.6. The summed E-state index contributed by atoms with van der Waals surface area (Å²) in [7, 11) is 1.33. The van der Waals surface area contributed by atoms with Gasteiger partial charge < -0.3 is 14.6 Å². The van der Waals surface area contributed by atoms with Crippen molar-refractivity contribution in [1.29, 1.82) is 5.26 Å². The van der Waals surface area contributed by atoms with Crippen molar-refractivity contribution in [2.24, 2.45) is 0 Å². The molecule has 0 radical (unpaired) electrons. The summed E-state index contributed by atoms with van der Waals surface area (Å²) >= 11 is 0. The van der Waals surface area contributed by atoms with E-state index in [2.05, 4.69) is 27.6 Å². The van der Waals surface area contributed by atoms with Crippen LogP contribution in [-0.2, 0) is 16.1 Å². The molecule has 1 aromatic heterocycles. The zero-order valence-electron chi connectivity index (χ0n) is 24.2. The van der Waals surface area contributed by atoms with Crippen molar-refractivity contribution in [3.63, 3.8) is 0 Å². The van der Waals surface area contributed by atoms with Crippen LogP contribution in [0.15, 0.2) is 42.5 Å². The van der Waals surface area contributed by atoms with Crippen LogP contribution < -0.4 is 5.32 Å². The summed E-state index contributed by atoms with van der Waals surface area (Å²) in [6.07, 6.45) is 15.7. The molecule has 0 fully saturated rings. The molecule has 0 saturated heterocycles. The highest BCUT2D eigenvalue weighted by molar-refractivity contribution is 5.98. The van der Waals surface area contributed by atoms with Gasteiger partial charge >= 0.3 is 5.97 Å². The van der Waals surface area contributed by atoms with Crippen LogP contribution in [0.1, 0.15) is 106 Å². The lowest BCUT2D eigenvalue weighted by atomic mass is 10.1. The molecule has 0 aliphatic heterocycles. The topological polar surface area (TPSA) is 97.0 Å². The third kappa shape index (κ3) is 9.51. The Morgan fingerprint density at radius 2 is 1.52 bits per heavy atom. The van der Waals surface area contributed by atoms with E-state index in [1.807, 2.05) is 30.3 Å². The molecule has 0 aliphatic carbocycles. The minimum Gasteiger partial charge on any atom is -0.469 e. The van der Waals surface area contributed by atoms with Crippen LogP contribution in [0.25, 0.3) is 22.4 Å². The number of fused-ring (bicyclic) bond motifs is 1. The molecule has 0 bridgehead atoms. The highest BCUT2D eigenvalue weighted by atomic mass is 16.5. The molecule has 3 aromatic rings. The monoisotopic (exact) mass is 544 g/mol. The number of nitrogens with one attached hydrogen (secondary N) is 1. The summed E-state index contributed by atoms with van der Waals surface area (Å²) in [5.41, 5.74) is 3.78. The van der Waals surface area contributed by atoms with E-state index in [-0.39, 0.29) is 24.8 Å². The van der Waals surface area contributed by atoms with E-state index in [1.54, 1.807) is 12.1 Å². The van der Waals surface area contributed by atoms with Crippen LogP contribution in [0.2, 0.25) is 0 Å². The molecule has 0 atom stereocenters. The number of methoxy groups -OCH3 is 1. The lowest BCUT2D eigenvalue weighted by Crippen LogP contribution is -2.26. The van der Waals surface area contributed by atoms with Crippen LogP contribution in [0.5, 0.6) is 0 Å². The maximum absolute atomic E-state index is 12.7. The molecule has 0 saturated carbocycles. The summed E-state index contributed by atoms with van der Waals surface area (Å²) < 4.78 is 6.86. The van der Waals surface area contributed by atoms with Gasteiger partial charge in [-0.25, -0.2) is 4.98 Å². The first-order valence-corrected chi connectivity index (χ1v) is 14.9. The summed E-state index contributed by atoms with van der Waals surface area (Å²) in [5.74, 6) is 0.228. The number of hydrogen-bond acceptors (Lipinski definition) is 5. The van der Waals surface area contributed by atoms with E-state index in [4.69, 9.17) is 4.98 Å². The number of esters is 1. The standard InChI is InChI=1S/C33H44N4O3/c1-3-4-5-6-7-8-9-10-11-12-13-14-23-37-30-20-19-28(33(39)35-22-21-31(38)40-2)24-29(30)36-32(37)27-17-15-26(25-34)16-18-27/h15-20,24H,3-14,21-23H2,1-2H3,(H,35,39). The zero-order valence-corrected chi connectivity index (χ0v) is 24.2. The van der Waals surface area contributed by atoms with Crippen LogP contribution in [0.4, 0.5) is 0 Å². The van der Waals surface area contributed by atoms with Gasteiger partial charge in [0.15, 0.2) is 0 Å². The van der Waals surface area contributed by atoms with Crippen molar-refractivity contribution in [3.05, 3.63) is 53.6 Å². The third-order valence-electron chi connectivity index (χ3n) is 7.36. The first kappa shape index (κ1) is 30.9. The molecule has 40 heavy (non-hydrogen) atoms. The lowest BCUT2D eigenvalue weighted by molar-refractivity contribution is -0.140. The van der Waals surface area contributed by atoms with Gasteiger partial charge in [-0.15, -0.1) is 0 Å². The molecule has 0 unspecified atom stereocenters. The number of imidazole rings is 1. The van der Waals surface area contributed by atoms with E-state index in [9.17, 15) is 14.9 Å². The fourth-order valence-electron chi connectivity index (χ4n) is 5.00. The highest BCUT2D eigenvalue weighted by Gasteiger charge is 2.15. The molecule has 7 heteroatoms. The smallest absolute Gasteiger partial charge is 0.307 e. The molecular weight excluding hydrogens is 500 g/mol. The fourth-order valence-corrected chi connectivity index (χ4v) is 5.00. The summed E-state index contributed by atoms with van der Waals surface area (Å²) in [6.45, 7) is 3.32. The second kappa shape index (κ2) is 17.1. The quantitative estimate of drug-likeness (QED) is 0.132. The van der Waals surface area contributed by atoms with Crippen LogP contribution >= 0.6 is 0 Å². The molecule has 3 rings (SSSR count). The number of ether oxygens (including phenoxy) is 1. The minimum atomic E-state index is -0.362. The Hall–Kier alpha value is -3.66. The number of carbonyl (C=O) groups is 2. The molecule has 0 aliphatic rings. The number of benzene rings is 2. The number of amides is 1. The molecular formula is C33H44N4O3. The van der Waals surface area contributed by atoms with E-state index in [1.165, 1.54) is 77.7 Å². The number of nitrogens with zero attached hydrogens (tertiary/aromatic N) is 3. The lowest BCUT2D eigenvalue weighted by Gasteiger charge is -2.10. The van der Waals surface area contributed by atoms with E-state index in [0.717, 1.165) is 35.4 Å². The number of aromatic nitrogens is 2. The minimum absolute atomic E-state index is 0.126. The summed E-state index contributed by atoms with van der Waals surface area (Å²) in [4.78, 5) is 28.9. The van der Waals surface area contributed by atoms with Gasteiger partial charge in [-0.05, 0) is 48.9 Å². The van der Waals surface area contributed by atoms with Crippen LogP contribution in [0, 0.1) is 11.3 Å². The number of nitriles is 1. The fraction of sp³-hybridized carbons (Fsp3) is 0.515. The number of unbranched alkanes of at least 4 members (excludes halogenated alkanes) is 11. The van der Waals surface area contributed by atoms with Crippen LogP contribution in [0.3, 0.4) is 0 Å². The van der Waals surface area contributed by atoms with Crippen molar-refractivity contribution < 1.29 is 14.3 Å². The van der Waals surface area contributed by atoms with Crippen molar-refractivity contribution in [1.82, 2.24) is 14.9 Å². The Bertz CT molecular complexity index is 1260. The predicted octanol–water partition coefficient (Wildman–Crippen LogP) is 7.57. The molecule has 2 aromatic carbocycles. The van der Waals surface area contributed by atoms with Gasteiger partial charge in [0.2, 0.25) is 0 Å². The van der Waals surface area contributed by atoms with E-state index < -0.39 is 0 Å². The van der Waals surface area contributed by atoms with E-state index >= 15 is 0 Å². The Morgan fingerprint density at radius 3 is 2.12 bits per heavy atom. The third-order valence-corrected chi connectivity index (χ3v) is 7.36. The van der Waals surface area contributed by atoms with Gasteiger partial charge in [0.05, 0.1) is 36.2 Å². The second-order valence-corrected chi connectivity index (χ2v) is 10.5. The number of hydrogen-bond donors (Lipinski definition) is 1. The number of aryl methyl sites for hydroxylation is 1. The average molecular weight is 545 g/mol. The Kier molecular flexibility index (Phi) is 13.2. The van der Waals surface area contributed by atoms with Crippen molar-refractivity contribution in [2.75, 3.05) is 13.7 Å². The molecule has 1 N–H and O–H groups in total. The van der Waals surface area contributed by atoms with Crippen molar-refractivity contribution in [3.8, 4) is 17.5 Å². The van der Waals surface area contributed by atoms with Gasteiger partial charge in [0, 0.05) is 24.2 Å². The number of carbonyl (C=O) groups excluding carboxylic acids is 2. The van der Waals surface area contributed by atoms with Gasteiger partial charge in [0.1, 0.15) is 5.82 Å². The zero-order chi connectivity index (χ0) is 28.6. The molecule has 1 heterocycles. The maximum Gasteiger partial charge on any atom is 0.307 e. The predicted molar refractivity (Wildman–Crippen MR) is 160 cm³/mol. The molecule has 7 nitrogen and oxygen atoms in total. The first-order valence-electron chi connectivity index (χ1n) is 14.9. The molecule has 214 valence electrons. The van der Waals surface area contributed by atoms with Crippen molar-refractivity contribution in [2.45, 2.75) is 96.9 Å². The Labute approximate surface area is 238 Å². The van der Waals surface area contributed by atoms with Gasteiger partial charge in [-0.1, -0.05) is 77.6 Å². The van der Waals surface area contributed by atoms with Crippen molar-refractivity contribution >= 4 is 22.9 Å². The Morgan fingerprint density at radius 1 is 0.900 bits per heavy atom. The SMILES string of the molecule is CCCCCCCCCCCCCCn1c(-c2ccc(C#N)cc2)nc2cc(C(=O)NCCC(=O)OC)ccc21. The van der Waals surface area contributed by atoms with Gasteiger partial charge in [-0.2, -0.15) is 5.26 Å². The second-order valence-electron chi connectivity index (χ2n) is 10.5. The summed E-state index contributed by atoms with van der Waals surface area (Å²) in [6, 6.07) is 15.2. The van der Waals surface area contributed by atoms with Gasteiger partial charge in [-0.3, -0.25) is 9.59 Å². The van der Waals surface area contributed by atoms with Gasteiger partial charge in [0.25, 0.3) is 5.91 Å². The van der Waals surface area contributed by atoms with E-state index in [0.29, 0.717) is 11.1 Å².